The van der Waals surface area contributed by atoms with Crippen molar-refractivity contribution in [2.45, 2.75) is 4.43 Å². The lowest BCUT2D eigenvalue weighted by Gasteiger charge is -2.09. The van der Waals surface area contributed by atoms with Crippen molar-refractivity contribution in [3.63, 3.8) is 0 Å². The zero-order chi connectivity index (χ0) is 16.9. The molecule has 2 nitrogen and oxygen atoms in total. The highest BCUT2D eigenvalue weighted by Crippen LogP contribution is 2.24. The predicted molar refractivity (Wildman–Crippen MR) is 106 cm³/mol. The van der Waals surface area contributed by atoms with Crippen LogP contribution in [0.1, 0.15) is 21.5 Å². The SMILES string of the molecule is O=C(c1ccc(Oc2ccccc2)cc1)c1cc(Cl)ccc1CI. The molecule has 0 bridgehead atoms. The standard InChI is InChI=1S/C20H14ClIO2/c21-16-9-6-15(13-22)19(12-16)20(23)14-7-10-18(11-8-14)24-17-4-2-1-3-5-17/h1-12H,13H2. The van der Waals surface area contributed by atoms with Gasteiger partial charge in [-0.15, -0.1) is 0 Å². The number of benzene rings is 3. The molecule has 4 heteroatoms. The van der Waals surface area contributed by atoms with Crippen LogP contribution in [0, 0.1) is 0 Å². The van der Waals surface area contributed by atoms with Crippen LogP contribution in [-0.2, 0) is 4.43 Å². The van der Waals surface area contributed by atoms with Gasteiger partial charge in [0.05, 0.1) is 0 Å². The Morgan fingerprint density at radius 3 is 2.25 bits per heavy atom. The van der Waals surface area contributed by atoms with E-state index < -0.39 is 0 Å². The molecule has 0 amide bonds. The molecule has 24 heavy (non-hydrogen) atoms. The van der Waals surface area contributed by atoms with Crippen molar-refractivity contribution in [2.24, 2.45) is 0 Å². The summed E-state index contributed by atoms with van der Waals surface area (Å²) in [6.45, 7) is 0. The summed E-state index contributed by atoms with van der Waals surface area (Å²) in [5.74, 6) is 1.42. The topological polar surface area (TPSA) is 26.3 Å². The van der Waals surface area contributed by atoms with E-state index in [-0.39, 0.29) is 5.78 Å². The molecule has 0 radical (unpaired) electrons. The van der Waals surface area contributed by atoms with Gasteiger partial charge in [0.15, 0.2) is 5.78 Å². The zero-order valence-corrected chi connectivity index (χ0v) is 15.6. The second-order valence-electron chi connectivity index (χ2n) is 5.20. The van der Waals surface area contributed by atoms with E-state index in [0.717, 1.165) is 15.7 Å². The summed E-state index contributed by atoms with van der Waals surface area (Å²) in [7, 11) is 0. The summed E-state index contributed by atoms with van der Waals surface area (Å²) in [6.07, 6.45) is 0. The molecule has 0 heterocycles. The number of ether oxygens (including phenoxy) is 1. The molecule has 0 N–H and O–H groups in total. The van der Waals surface area contributed by atoms with E-state index in [1.54, 1.807) is 30.3 Å². The third kappa shape index (κ3) is 3.97. The molecule has 0 fully saturated rings. The van der Waals surface area contributed by atoms with Gasteiger partial charge in [0.25, 0.3) is 0 Å². The summed E-state index contributed by atoms with van der Waals surface area (Å²) in [5.41, 5.74) is 2.24. The normalized spacial score (nSPS) is 10.4. The highest BCUT2D eigenvalue weighted by Gasteiger charge is 2.14. The van der Waals surface area contributed by atoms with Crippen LogP contribution in [0.2, 0.25) is 5.02 Å². The highest BCUT2D eigenvalue weighted by atomic mass is 127. The van der Waals surface area contributed by atoms with E-state index in [2.05, 4.69) is 22.6 Å². The maximum Gasteiger partial charge on any atom is 0.193 e. The van der Waals surface area contributed by atoms with Gasteiger partial charge in [0.2, 0.25) is 0 Å². The Hall–Kier alpha value is -1.85. The summed E-state index contributed by atoms with van der Waals surface area (Å²) in [6, 6.07) is 22.1. The summed E-state index contributed by atoms with van der Waals surface area (Å²) >= 11 is 8.29. The Morgan fingerprint density at radius 1 is 0.917 bits per heavy atom. The van der Waals surface area contributed by atoms with E-state index in [1.807, 2.05) is 42.5 Å². The zero-order valence-electron chi connectivity index (χ0n) is 12.7. The van der Waals surface area contributed by atoms with Crippen molar-refractivity contribution in [3.05, 3.63) is 94.5 Å². The highest BCUT2D eigenvalue weighted by molar-refractivity contribution is 14.1. The Bertz CT molecular complexity index is 845. The molecule has 0 saturated heterocycles. The average molecular weight is 449 g/mol. The monoisotopic (exact) mass is 448 g/mol. The molecule has 120 valence electrons. The summed E-state index contributed by atoms with van der Waals surface area (Å²) in [5, 5.41) is 0.566. The lowest BCUT2D eigenvalue weighted by Crippen LogP contribution is -2.04. The van der Waals surface area contributed by atoms with Crippen molar-refractivity contribution in [1.82, 2.24) is 0 Å². The van der Waals surface area contributed by atoms with E-state index in [1.165, 1.54) is 0 Å². The minimum Gasteiger partial charge on any atom is -0.457 e. The van der Waals surface area contributed by atoms with E-state index in [9.17, 15) is 4.79 Å². The molecule has 0 aliphatic rings. The van der Waals surface area contributed by atoms with Gasteiger partial charge in [0, 0.05) is 20.6 Å². The van der Waals surface area contributed by atoms with Crippen LogP contribution in [0.4, 0.5) is 0 Å². The van der Waals surface area contributed by atoms with E-state index in [0.29, 0.717) is 21.9 Å². The summed E-state index contributed by atoms with van der Waals surface area (Å²) in [4.78, 5) is 12.7. The third-order valence-corrected chi connectivity index (χ3v) is 4.61. The van der Waals surface area contributed by atoms with E-state index in [4.69, 9.17) is 16.3 Å². The first kappa shape index (κ1) is 17.0. The van der Waals surface area contributed by atoms with Crippen LogP contribution in [-0.4, -0.2) is 5.78 Å². The number of ketones is 1. The first-order valence-electron chi connectivity index (χ1n) is 7.39. The number of alkyl halides is 1. The van der Waals surface area contributed by atoms with Crippen molar-refractivity contribution < 1.29 is 9.53 Å². The molecule has 0 unspecified atom stereocenters. The molecule has 3 rings (SSSR count). The third-order valence-electron chi connectivity index (χ3n) is 3.56. The fraction of sp³-hybridized carbons (Fsp3) is 0.0500. The molecule has 0 spiro atoms. The number of hydrogen-bond donors (Lipinski definition) is 0. The van der Waals surface area contributed by atoms with Crippen LogP contribution >= 0.6 is 34.2 Å². The minimum absolute atomic E-state index is 0.0320. The second-order valence-corrected chi connectivity index (χ2v) is 6.40. The average Bonchev–Trinajstić information content (AvgIpc) is 2.62. The summed E-state index contributed by atoms with van der Waals surface area (Å²) < 4.78 is 6.50. The van der Waals surface area contributed by atoms with Crippen LogP contribution in [0.3, 0.4) is 0 Å². The number of para-hydroxylation sites is 1. The largest absolute Gasteiger partial charge is 0.457 e. The molecule has 0 atom stereocenters. The lowest BCUT2D eigenvalue weighted by atomic mass is 9.99. The lowest BCUT2D eigenvalue weighted by molar-refractivity contribution is 0.103. The smallest absolute Gasteiger partial charge is 0.193 e. The second kappa shape index (κ2) is 7.81. The van der Waals surface area contributed by atoms with Crippen LogP contribution in [0.5, 0.6) is 11.5 Å². The molecular weight excluding hydrogens is 435 g/mol. The molecule has 0 aliphatic heterocycles. The van der Waals surface area contributed by atoms with Gasteiger partial charge in [-0.25, -0.2) is 0 Å². The Kier molecular flexibility index (Phi) is 5.53. The fourth-order valence-corrected chi connectivity index (χ4v) is 3.17. The minimum atomic E-state index is -0.0320. The molecule has 0 aliphatic carbocycles. The van der Waals surface area contributed by atoms with Gasteiger partial charge in [0.1, 0.15) is 11.5 Å². The molecule has 0 aromatic heterocycles. The molecule has 3 aromatic rings. The Balaban J connectivity index is 1.83. The quantitative estimate of drug-likeness (QED) is 0.260. The number of rotatable bonds is 5. The number of halogens is 2. The van der Waals surface area contributed by atoms with Gasteiger partial charge in [-0.2, -0.15) is 0 Å². The molecule has 3 aromatic carbocycles. The first-order valence-corrected chi connectivity index (χ1v) is 9.30. The van der Waals surface area contributed by atoms with Crippen LogP contribution in [0.25, 0.3) is 0 Å². The van der Waals surface area contributed by atoms with Crippen LogP contribution in [0.15, 0.2) is 72.8 Å². The maximum absolute atomic E-state index is 12.7. The first-order chi connectivity index (χ1) is 11.7. The molecule has 0 saturated carbocycles. The molecular formula is C20H14ClIO2. The van der Waals surface area contributed by atoms with Crippen molar-refractivity contribution in [3.8, 4) is 11.5 Å². The Morgan fingerprint density at radius 2 is 1.58 bits per heavy atom. The fourth-order valence-electron chi connectivity index (χ4n) is 2.33. The maximum atomic E-state index is 12.7. The van der Waals surface area contributed by atoms with Gasteiger partial charge < -0.3 is 4.74 Å². The van der Waals surface area contributed by atoms with Crippen molar-refractivity contribution in [1.29, 1.82) is 0 Å². The van der Waals surface area contributed by atoms with Crippen molar-refractivity contribution in [2.75, 3.05) is 0 Å². The van der Waals surface area contributed by atoms with Gasteiger partial charge >= 0.3 is 0 Å². The number of hydrogen-bond acceptors (Lipinski definition) is 2. The van der Waals surface area contributed by atoms with Gasteiger partial charge in [-0.3, -0.25) is 4.79 Å². The van der Waals surface area contributed by atoms with Crippen molar-refractivity contribution >= 4 is 40.0 Å². The number of carbonyl (C=O) groups excluding carboxylic acids is 1. The Labute approximate surface area is 159 Å². The predicted octanol–water partition coefficient (Wildman–Crippen LogP) is 6.30. The van der Waals surface area contributed by atoms with E-state index >= 15 is 0 Å². The number of carbonyl (C=O) groups is 1. The van der Waals surface area contributed by atoms with Crippen LogP contribution < -0.4 is 4.74 Å². The van der Waals surface area contributed by atoms with Gasteiger partial charge in [-0.05, 0) is 54.1 Å². The van der Waals surface area contributed by atoms with Gasteiger partial charge in [-0.1, -0.05) is 58.5 Å².